The van der Waals surface area contributed by atoms with Crippen molar-refractivity contribution in [2.24, 2.45) is 0 Å². The largest absolute Gasteiger partial charge is 0.451 e. The Hall–Kier alpha value is -3.72. The lowest BCUT2D eigenvalue weighted by Crippen LogP contribution is -2.46. The van der Waals surface area contributed by atoms with E-state index < -0.39 is 48.4 Å². The lowest BCUT2D eigenvalue weighted by atomic mass is 10.1. The number of hydrogen-bond donors (Lipinski definition) is 1. The Morgan fingerprint density at radius 2 is 1.33 bits per heavy atom. The van der Waals surface area contributed by atoms with Gasteiger partial charge in [-0.2, -0.15) is 0 Å². The zero-order valence-corrected chi connectivity index (χ0v) is 18.3. The van der Waals surface area contributed by atoms with E-state index in [1.54, 1.807) is 48.5 Å². The molecule has 2 aromatic rings. The van der Waals surface area contributed by atoms with E-state index in [9.17, 15) is 19.2 Å². The summed E-state index contributed by atoms with van der Waals surface area (Å²) in [6.07, 6.45) is -4.87. The summed E-state index contributed by atoms with van der Waals surface area (Å²) in [4.78, 5) is 49.9. The smallest absolute Gasteiger partial charge is 0.338 e. The van der Waals surface area contributed by atoms with Crippen LogP contribution in [-0.2, 0) is 28.5 Å². The fourth-order valence-corrected chi connectivity index (χ4v) is 3.23. The summed E-state index contributed by atoms with van der Waals surface area (Å²) in [7, 11) is 0. The van der Waals surface area contributed by atoms with Crippen LogP contribution in [0.5, 0.6) is 0 Å². The highest BCUT2D eigenvalue weighted by Gasteiger charge is 2.54. The predicted octanol–water partition coefficient (Wildman–Crippen LogP) is 2.25. The van der Waals surface area contributed by atoms with E-state index in [-0.39, 0.29) is 11.1 Å². The van der Waals surface area contributed by atoms with E-state index in [1.807, 2.05) is 6.92 Å². The van der Waals surface area contributed by atoms with Crippen LogP contribution in [0, 0.1) is 0 Å². The van der Waals surface area contributed by atoms with Crippen molar-refractivity contribution in [1.82, 2.24) is 5.32 Å². The van der Waals surface area contributed by atoms with E-state index in [0.717, 1.165) is 6.92 Å². The lowest BCUT2D eigenvalue weighted by molar-refractivity contribution is -0.187. The fourth-order valence-electron chi connectivity index (χ4n) is 3.23. The minimum Gasteiger partial charge on any atom is -0.451 e. The SMILES string of the molecule is CCCNC(=O)C1OC(OC(C)=O)C(OC(=O)c2ccccc2)C1OC(=O)c1ccccc1. The average molecular weight is 455 g/mol. The fraction of sp³-hybridized carbons (Fsp3) is 0.333. The minimum absolute atomic E-state index is 0.228. The predicted molar refractivity (Wildman–Crippen MR) is 115 cm³/mol. The summed E-state index contributed by atoms with van der Waals surface area (Å²) in [6, 6.07) is 16.2. The van der Waals surface area contributed by atoms with Gasteiger partial charge in [0, 0.05) is 13.5 Å². The minimum atomic E-state index is -1.44. The molecule has 1 aliphatic rings. The van der Waals surface area contributed by atoms with Crippen LogP contribution in [0.25, 0.3) is 0 Å². The van der Waals surface area contributed by atoms with Gasteiger partial charge >= 0.3 is 17.9 Å². The first-order chi connectivity index (χ1) is 15.9. The highest BCUT2D eigenvalue weighted by molar-refractivity contribution is 5.91. The Kier molecular flexibility index (Phi) is 8.15. The van der Waals surface area contributed by atoms with Gasteiger partial charge in [-0.05, 0) is 30.7 Å². The van der Waals surface area contributed by atoms with Crippen molar-refractivity contribution in [2.75, 3.05) is 6.54 Å². The molecule has 1 saturated heterocycles. The van der Waals surface area contributed by atoms with Gasteiger partial charge in [0.2, 0.25) is 12.4 Å². The molecule has 1 heterocycles. The van der Waals surface area contributed by atoms with Gasteiger partial charge in [-0.25, -0.2) is 9.59 Å². The Balaban J connectivity index is 1.91. The number of amides is 1. The molecular formula is C24H25NO8. The molecule has 0 aromatic heterocycles. The van der Waals surface area contributed by atoms with Gasteiger partial charge in [0.05, 0.1) is 11.1 Å². The van der Waals surface area contributed by atoms with Crippen LogP contribution < -0.4 is 5.32 Å². The first-order valence-electron chi connectivity index (χ1n) is 10.5. The molecule has 3 rings (SSSR count). The van der Waals surface area contributed by atoms with E-state index >= 15 is 0 Å². The highest BCUT2D eigenvalue weighted by Crippen LogP contribution is 2.30. The molecular weight excluding hydrogens is 430 g/mol. The van der Waals surface area contributed by atoms with Crippen LogP contribution in [0.4, 0.5) is 0 Å². The maximum absolute atomic E-state index is 12.8. The summed E-state index contributed by atoms with van der Waals surface area (Å²) in [5.74, 6) is -2.81. The molecule has 1 fully saturated rings. The van der Waals surface area contributed by atoms with Crippen LogP contribution >= 0.6 is 0 Å². The topological polar surface area (TPSA) is 117 Å². The Morgan fingerprint density at radius 1 is 0.818 bits per heavy atom. The standard InChI is InChI=1S/C24H25NO8/c1-3-14-25-21(27)19-18(31-22(28)16-10-6-4-7-11-16)20(24(33-19)30-15(2)26)32-23(29)17-12-8-5-9-13-17/h4-13,18-20,24H,3,14H2,1-2H3,(H,25,27). The summed E-state index contributed by atoms with van der Waals surface area (Å²) >= 11 is 0. The highest BCUT2D eigenvalue weighted by atomic mass is 16.7. The molecule has 174 valence electrons. The number of hydrogen-bond acceptors (Lipinski definition) is 8. The summed E-state index contributed by atoms with van der Waals surface area (Å²) < 4.78 is 21.9. The van der Waals surface area contributed by atoms with Gasteiger partial charge < -0.3 is 24.3 Å². The van der Waals surface area contributed by atoms with Crippen LogP contribution in [-0.4, -0.2) is 55.0 Å². The number of carbonyl (C=O) groups excluding carboxylic acids is 4. The summed E-state index contributed by atoms with van der Waals surface area (Å²) in [5, 5.41) is 2.66. The van der Waals surface area contributed by atoms with E-state index in [4.69, 9.17) is 18.9 Å². The summed E-state index contributed by atoms with van der Waals surface area (Å²) in [5.41, 5.74) is 0.459. The molecule has 33 heavy (non-hydrogen) atoms. The molecule has 4 atom stereocenters. The van der Waals surface area contributed by atoms with Gasteiger partial charge in [0.1, 0.15) is 0 Å². The second-order valence-electron chi connectivity index (χ2n) is 7.30. The third-order valence-corrected chi connectivity index (χ3v) is 4.77. The van der Waals surface area contributed by atoms with Crippen molar-refractivity contribution >= 4 is 23.8 Å². The van der Waals surface area contributed by atoms with Gasteiger partial charge in [0.15, 0.2) is 12.2 Å². The second-order valence-corrected chi connectivity index (χ2v) is 7.30. The van der Waals surface area contributed by atoms with Crippen molar-refractivity contribution in [1.29, 1.82) is 0 Å². The Bertz CT molecular complexity index is 978. The molecule has 0 aliphatic carbocycles. The number of benzene rings is 2. The number of ether oxygens (including phenoxy) is 4. The molecule has 9 nitrogen and oxygen atoms in total. The second kappa shape index (κ2) is 11.2. The molecule has 4 unspecified atom stereocenters. The summed E-state index contributed by atoms with van der Waals surface area (Å²) in [6.45, 7) is 3.37. The van der Waals surface area contributed by atoms with E-state index in [1.165, 1.54) is 12.1 Å². The number of carbonyl (C=O) groups is 4. The zero-order chi connectivity index (χ0) is 23.8. The molecule has 1 aliphatic heterocycles. The van der Waals surface area contributed by atoms with Crippen LogP contribution in [0.1, 0.15) is 41.0 Å². The lowest BCUT2D eigenvalue weighted by Gasteiger charge is -2.23. The third kappa shape index (κ3) is 6.17. The first kappa shape index (κ1) is 23.9. The maximum atomic E-state index is 12.8. The van der Waals surface area contributed by atoms with Crippen molar-refractivity contribution in [3.8, 4) is 0 Å². The molecule has 0 spiro atoms. The number of esters is 3. The first-order valence-corrected chi connectivity index (χ1v) is 10.5. The van der Waals surface area contributed by atoms with E-state index in [2.05, 4.69) is 5.32 Å². The zero-order valence-electron chi connectivity index (χ0n) is 18.3. The van der Waals surface area contributed by atoms with Gasteiger partial charge in [-0.3, -0.25) is 9.59 Å². The third-order valence-electron chi connectivity index (χ3n) is 4.77. The van der Waals surface area contributed by atoms with Gasteiger partial charge in [-0.1, -0.05) is 43.3 Å². The average Bonchev–Trinajstić information content (AvgIpc) is 3.14. The molecule has 1 N–H and O–H groups in total. The van der Waals surface area contributed by atoms with E-state index in [0.29, 0.717) is 13.0 Å². The quantitative estimate of drug-likeness (QED) is 0.476. The van der Waals surface area contributed by atoms with Crippen molar-refractivity contribution in [2.45, 2.75) is 44.9 Å². The Morgan fingerprint density at radius 3 is 1.82 bits per heavy atom. The van der Waals surface area contributed by atoms with Crippen molar-refractivity contribution < 1.29 is 38.1 Å². The van der Waals surface area contributed by atoms with Gasteiger partial charge in [0.25, 0.3) is 5.91 Å². The molecule has 0 bridgehead atoms. The normalized spacial score (nSPS) is 21.6. The Labute approximate surface area is 191 Å². The molecule has 0 radical (unpaired) electrons. The van der Waals surface area contributed by atoms with Crippen molar-refractivity contribution in [3.05, 3.63) is 71.8 Å². The molecule has 0 saturated carbocycles. The monoisotopic (exact) mass is 455 g/mol. The van der Waals surface area contributed by atoms with Crippen molar-refractivity contribution in [3.63, 3.8) is 0 Å². The maximum Gasteiger partial charge on any atom is 0.338 e. The van der Waals surface area contributed by atoms with Crippen LogP contribution in [0.2, 0.25) is 0 Å². The van der Waals surface area contributed by atoms with Crippen LogP contribution in [0.15, 0.2) is 60.7 Å². The number of nitrogens with one attached hydrogen (secondary N) is 1. The molecule has 1 amide bonds. The molecule has 2 aromatic carbocycles. The molecule has 9 heteroatoms. The van der Waals surface area contributed by atoms with Gasteiger partial charge in [-0.15, -0.1) is 0 Å². The number of rotatable bonds is 8. The van der Waals surface area contributed by atoms with Crippen LogP contribution in [0.3, 0.4) is 0 Å².